The second-order valence-corrected chi connectivity index (χ2v) is 15.6. The first-order chi connectivity index (χ1) is 13.9. The lowest BCUT2D eigenvalue weighted by Gasteiger charge is -2.13. The summed E-state index contributed by atoms with van der Waals surface area (Å²) in [6, 6.07) is 3.82. The fourth-order valence-corrected chi connectivity index (χ4v) is 4.69. The van der Waals surface area contributed by atoms with E-state index in [-0.39, 0.29) is 16.7 Å². The maximum absolute atomic E-state index is 11.8. The van der Waals surface area contributed by atoms with Crippen LogP contribution in [0.3, 0.4) is 0 Å². The second-order valence-electron chi connectivity index (χ2n) is 8.26. The largest absolute Gasteiger partial charge is 0.294 e. The molecule has 31 heavy (non-hydrogen) atoms. The molecule has 2 aromatic rings. The lowest BCUT2D eigenvalue weighted by atomic mass is 10.3. The Morgan fingerprint density at radius 2 is 1.32 bits per heavy atom. The van der Waals surface area contributed by atoms with Gasteiger partial charge in [-0.1, -0.05) is 0 Å². The third-order valence-electron chi connectivity index (χ3n) is 3.19. The highest BCUT2D eigenvalue weighted by atomic mass is 79.9. The molecule has 2 aromatic heterocycles. The van der Waals surface area contributed by atoms with Gasteiger partial charge in [-0.05, 0) is 99.4 Å². The van der Waals surface area contributed by atoms with Gasteiger partial charge in [-0.15, -0.1) is 22.7 Å². The minimum Gasteiger partial charge on any atom is -0.294 e. The molecule has 0 spiro atoms. The van der Waals surface area contributed by atoms with Crippen molar-refractivity contribution in [2.45, 2.75) is 64.9 Å². The van der Waals surface area contributed by atoms with E-state index in [1.54, 1.807) is 18.3 Å². The van der Waals surface area contributed by atoms with Crippen molar-refractivity contribution >= 4 is 88.0 Å². The summed E-state index contributed by atoms with van der Waals surface area (Å²) in [6.07, 6.45) is 0. The van der Waals surface area contributed by atoms with Crippen LogP contribution in [0.5, 0.6) is 0 Å². The fraction of sp³-hybridized carbons (Fsp3) is 0.500. The molecule has 0 fully saturated rings. The highest BCUT2D eigenvalue weighted by molar-refractivity contribution is 9.10. The lowest BCUT2D eigenvalue weighted by molar-refractivity contribution is 0.102. The summed E-state index contributed by atoms with van der Waals surface area (Å²) >= 11 is 9.70. The van der Waals surface area contributed by atoms with Gasteiger partial charge in [-0.3, -0.25) is 9.93 Å². The van der Waals surface area contributed by atoms with E-state index in [2.05, 4.69) is 36.3 Å². The number of nitrogens with two attached hydrogens (primary N) is 1. The van der Waals surface area contributed by atoms with Crippen LogP contribution in [0.2, 0.25) is 0 Å². The quantitative estimate of drug-likeness (QED) is 0.287. The summed E-state index contributed by atoms with van der Waals surface area (Å²) < 4.78 is 27.8. The molecule has 0 aliphatic carbocycles. The van der Waals surface area contributed by atoms with E-state index in [0.29, 0.717) is 0 Å². The van der Waals surface area contributed by atoms with E-state index < -0.39 is 22.0 Å². The molecule has 0 aliphatic rings. The Bertz CT molecular complexity index is 945. The molecule has 2 atom stereocenters. The van der Waals surface area contributed by atoms with E-state index in [4.69, 9.17) is 5.14 Å². The molecule has 0 aliphatic heterocycles. The molecule has 0 radical (unpaired) electrons. The molecule has 178 valence electrons. The maximum Gasteiger partial charge on any atom is 0.169 e. The van der Waals surface area contributed by atoms with Crippen LogP contribution in [-0.4, -0.2) is 29.4 Å². The average molecular weight is 638 g/mol. The molecular formula is C20H32Br2N2O3S4. The summed E-state index contributed by atoms with van der Waals surface area (Å²) in [5.41, 5.74) is 0.832. The van der Waals surface area contributed by atoms with Crippen molar-refractivity contribution in [2.24, 2.45) is 9.54 Å². The summed E-state index contributed by atoms with van der Waals surface area (Å²) in [4.78, 5) is 12.5. The zero-order valence-corrected chi connectivity index (χ0v) is 25.4. The van der Waals surface area contributed by atoms with Gasteiger partial charge in [0, 0.05) is 21.1 Å². The Kier molecular flexibility index (Phi) is 13.6. The molecular weight excluding hydrogens is 604 g/mol. The highest BCUT2D eigenvalue weighted by Gasteiger charge is 2.19. The van der Waals surface area contributed by atoms with E-state index in [1.165, 1.54) is 11.3 Å². The van der Waals surface area contributed by atoms with Crippen molar-refractivity contribution in [1.29, 1.82) is 0 Å². The highest BCUT2D eigenvalue weighted by Crippen LogP contribution is 2.22. The van der Waals surface area contributed by atoms with Crippen LogP contribution in [0.15, 0.2) is 36.2 Å². The van der Waals surface area contributed by atoms with Gasteiger partial charge < -0.3 is 0 Å². The minimum absolute atomic E-state index is 0. The second kappa shape index (κ2) is 13.6. The summed E-state index contributed by atoms with van der Waals surface area (Å²) in [5, 5.41) is 8.94. The van der Waals surface area contributed by atoms with Crippen molar-refractivity contribution in [2.75, 3.05) is 0 Å². The lowest BCUT2D eigenvalue weighted by Crippen LogP contribution is -2.27. The summed E-state index contributed by atoms with van der Waals surface area (Å²) in [5.74, 6) is 0.130. The molecule has 0 bridgehead atoms. The predicted octanol–water partition coefficient (Wildman–Crippen LogP) is 7.15. The van der Waals surface area contributed by atoms with Crippen LogP contribution in [0.25, 0.3) is 0 Å². The van der Waals surface area contributed by atoms with Gasteiger partial charge in [0.05, 0.1) is 35.9 Å². The number of carbonyl (C=O) groups is 1. The number of nitrogens with zero attached hydrogens (tertiary/aromatic N) is 1. The van der Waals surface area contributed by atoms with Crippen molar-refractivity contribution in [1.82, 2.24) is 0 Å². The normalized spacial score (nSPS) is 14.0. The number of Topliss-reactive ketones (excluding diaryl/α,β-unsaturated/α-hetero) is 1. The number of halogens is 2. The topological polar surface area (TPSA) is 89.6 Å². The number of hydrogen-bond acceptors (Lipinski definition) is 5. The molecule has 2 rings (SSSR count). The van der Waals surface area contributed by atoms with Gasteiger partial charge in [0.2, 0.25) is 0 Å². The zero-order valence-electron chi connectivity index (χ0n) is 18.9. The van der Waals surface area contributed by atoms with Crippen LogP contribution >= 0.6 is 54.5 Å². The van der Waals surface area contributed by atoms with Crippen LogP contribution in [0.1, 0.15) is 71.4 Å². The summed E-state index contributed by atoms with van der Waals surface area (Å²) in [6.45, 7) is 14.7. The van der Waals surface area contributed by atoms with Gasteiger partial charge in [0.1, 0.15) is 11.0 Å². The maximum atomic E-state index is 11.8. The van der Waals surface area contributed by atoms with Gasteiger partial charge in [0.15, 0.2) is 5.78 Å². The monoisotopic (exact) mass is 635 g/mol. The van der Waals surface area contributed by atoms with Crippen LogP contribution in [0.4, 0.5) is 0 Å². The minimum atomic E-state index is -1.18. The Morgan fingerprint density at radius 1 is 0.935 bits per heavy atom. The van der Waals surface area contributed by atoms with Gasteiger partial charge in [-0.25, -0.2) is 8.42 Å². The van der Waals surface area contributed by atoms with Crippen molar-refractivity contribution in [3.63, 3.8) is 0 Å². The van der Waals surface area contributed by atoms with Crippen LogP contribution in [-0.2, 0) is 22.0 Å². The molecule has 0 saturated heterocycles. The Morgan fingerprint density at radius 3 is 1.55 bits per heavy atom. The molecule has 0 aromatic carbocycles. The Labute approximate surface area is 217 Å². The standard InChI is InChI=1S/C10H14BrNOS2.C6H5BrOS.C4H11NOS.H2/c1-7(9-5-8(11)6-14-9)12-15(13)10(2,3)4;1-4(8)6-2-5(7)3-9-6;1-4(2,3)7(5)6;/h5-6H,1-4H3;2-3H,1H3;5H2,1-3H3;1H/t15-;;7-;/m1.1./s1/i;;;1+1. The first-order valence-corrected chi connectivity index (χ1v) is 14.7. The summed E-state index contributed by atoms with van der Waals surface area (Å²) in [7, 11) is -2.36. The van der Waals surface area contributed by atoms with Crippen molar-refractivity contribution in [3.8, 4) is 0 Å². The first-order valence-electron chi connectivity index (χ1n) is 9.08. The van der Waals surface area contributed by atoms with Crippen molar-refractivity contribution in [3.05, 3.63) is 41.6 Å². The van der Waals surface area contributed by atoms with E-state index in [1.807, 2.05) is 71.4 Å². The number of thiophene rings is 2. The third-order valence-corrected chi connectivity index (χ3v) is 9.47. The number of carbonyl (C=O) groups excluding carboxylic acids is 1. The van der Waals surface area contributed by atoms with E-state index in [0.717, 1.165) is 24.4 Å². The van der Waals surface area contributed by atoms with Gasteiger partial charge in [-0.2, -0.15) is 4.40 Å². The van der Waals surface area contributed by atoms with Crippen molar-refractivity contribution < 1.29 is 14.6 Å². The fourth-order valence-electron chi connectivity index (χ4n) is 1.31. The molecule has 0 amide bonds. The molecule has 11 heteroatoms. The Balaban J connectivity index is 0. The van der Waals surface area contributed by atoms with Gasteiger partial charge in [0.25, 0.3) is 0 Å². The molecule has 2 N–H and O–H groups in total. The number of hydrogen-bond donors (Lipinski definition) is 1. The van der Waals surface area contributed by atoms with E-state index in [9.17, 15) is 13.2 Å². The number of rotatable bonds is 3. The molecule has 0 unspecified atom stereocenters. The van der Waals surface area contributed by atoms with Gasteiger partial charge >= 0.3 is 0 Å². The van der Waals surface area contributed by atoms with Crippen LogP contribution < -0.4 is 5.14 Å². The SMILES string of the molecule is CC(=N[S@](=O)C(C)(C)C)c1cc(Br)cs1.CC(=O)c1cc(Br)cs1.CC(C)(C)[S@](N)=O.[2HH]. The Hall–Kier alpha value is -0.0400. The third kappa shape index (κ3) is 13.3. The molecule has 0 saturated carbocycles. The number of ketones is 1. The molecule has 2 heterocycles. The first kappa shape index (κ1) is 31.0. The smallest absolute Gasteiger partial charge is 0.169 e. The predicted molar refractivity (Wildman–Crippen MR) is 148 cm³/mol. The average Bonchev–Trinajstić information content (AvgIpc) is 3.23. The van der Waals surface area contributed by atoms with E-state index >= 15 is 0 Å². The van der Waals surface area contributed by atoms with Crippen LogP contribution in [0, 0.1) is 0 Å². The zero-order chi connectivity index (χ0) is 24.6. The molecule has 5 nitrogen and oxygen atoms in total.